The molecule has 1 saturated carbocycles. The third-order valence-corrected chi connectivity index (χ3v) is 8.37. The van der Waals surface area contributed by atoms with Crippen molar-refractivity contribution in [3.63, 3.8) is 0 Å². The average Bonchev–Trinajstić information content (AvgIpc) is 3.39. The lowest BCUT2D eigenvalue weighted by atomic mass is 9.68. The number of amides is 2. The zero-order valence-electron chi connectivity index (χ0n) is 23.6. The van der Waals surface area contributed by atoms with Gasteiger partial charge < -0.3 is 15.6 Å². The standard InChI is InChI=1S/C33H39N5O2/c1-32(37-29(39)24-14-6-4-7-15-24,22-25-23-35-27-17-9-8-16-26(25)27)31(40)36-30(38(2)3)33(19-11-5-12-20-33)28-18-10-13-21-34-28/h4,6-10,13-18,21,23,30,35H,5,11-12,19-20,22H2,1-3H3,(H,36,40)(H,37,39). The first-order chi connectivity index (χ1) is 19.3. The topological polar surface area (TPSA) is 90.1 Å². The molecule has 7 nitrogen and oxygen atoms in total. The van der Waals surface area contributed by atoms with Crippen molar-refractivity contribution in [2.75, 3.05) is 14.1 Å². The molecule has 4 aromatic rings. The molecule has 7 heteroatoms. The number of aromatic nitrogens is 2. The number of pyridine rings is 1. The maximum atomic E-state index is 14.4. The van der Waals surface area contributed by atoms with Crippen molar-refractivity contribution in [1.82, 2.24) is 25.5 Å². The van der Waals surface area contributed by atoms with Crippen molar-refractivity contribution in [2.45, 2.75) is 62.6 Å². The van der Waals surface area contributed by atoms with Crippen molar-refractivity contribution in [3.05, 3.63) is 102 Å². The molecule has 40 heavy (non-hydrogen) atoms. The third kappa shape index (κ3) is 5.52. The molecule has 2 atom stereocenters. The smallest absolute Gasteiger partial charge is 0.252 e. The fraction of sp³-hybridized carbons (Fsp3) is 0.364. The van der Waals surface area contributed by atoms with Gasteiger partial charge in [0.2, 0.25) is 5.91 Å². The number of H-pyrrole nitrogens is 1. The van der Waals surface area contributed by atoms with Gasteiger partial charge >= 0.3 is 0 Å². The molecular formula is C33H39N5O2. The van der Waals surface area contributed by atoms with E-state index in [0.29, 0.717) is 12.0 Å². The number of carbonyl (C=O) groups is 2. The number of para-hydroxylation sites is 1. The molecule has 1 fully saturated rings. The van der Waals surface area contributed by atoms with E-state index in [1.165, 1.54) is 6.42 Å². The van der Waals surface area contributed by atoms with E-state index < -0.39 is 5.54 Å². The minimum atomic E-state index is -1.22. The van der Waals surface area contributed by atoms with Crippen molar-refractivity contribution >= 4 is 22.7 Å². The summed E-state index contributed by atoms with van der Waals surface area (Å²) in [5.41, 5.74) is 1.94. The number of fused-ring (bicyclic) bond motifs is 1. The van der Waals surface area contributed by atoms with Gasteiger partial charge in [0.15, 0.2) is 0 Å². The number of carbonyl (C=O) groups excluding carboxylic acids is 2. The van der Waals surface area contributed by atoms with Crippen LogP contribution >= 0.6 is 0 Å². The molecule has 0 saturated heterocycles. The van der Waals surface area contributed by atoms with Crippen molar-refractivity contribution in [1.29, 1.82) is 0 Å². The van der Waals surface area contributed by atoms with E-state index in [2.05, 4.69) is 26.6 Å². The molecule has 0 bridgehead atoms. The molecule has 0 spiro atoms. The molecule has 0 radical (unpaired) electrons. The van der Waals surface area contributed by atoms with Crippen LogP contribution in [0.3, 0.4) is 0 Å². The number of nitrogens with one attached hydrogen (secondary N) is 3. The van der Waals surface area contributed by atoms with Gasteiger partial charge in [0.25, 0.3) is 5.91 Å². The molecule has 2 aromatic carbocycles. The Morgan fingerprint density at radius 3 is 2.38 bits per heavy atom. The van der Waals surface area contributed by atoms with E-state index in [0.717, 1.165) is 47.8 Å². The van der Waals surface area contributed by atoms with Gasteiger partial charge in [0.05, 0.1) is 6.17 Å². The van der Waals surface area contributed by atoms with E-state index in [1.807, 2.05) is 88.0 Å². The van der Waals surface area contributed by atoms with E-state index in [4.69, 9.17) is 4.98 Å². The number of nitrogens with zero attached hydrogens (tertiary/aromatic N) is 2. The van der Waals surface area contributed by atoms with E-state index in [9.17, 15) is 9.59 Å². The highest BCUT2D eigenvalue weighted by Crippen LogP contribution is 2.42. The van der Waals surface area contributed by atoms with Crippen LogP contribution in [0.4, 0.5) is 0 Å². The van der Waals surface area contributed by atoms with E-state index in [-0.39, 0.29) is 23.4 Å². The number of aromatic amines is 1. The number of hydrogen-bond acceptors (Lipinski definition) is 4. The Hall–Kier alpha value is -3.97. The van der Waals surface area contributed by atoms with Gasteiger partial charge in [-0.05, 0) is 69.8 Å². The lowest BCUT2D eigenvalue weighted by Gasteiger charge is -2.47. The van der Waals surface area contributed by atoms with Crippen molar-refractivity contribution in [2.24, 2.45) is 0 Å². The Labute approximate surface area is 236 Å². The van der Waals surface area contributed by atoms with Crippen LogP contribution in [-0.2, 0) is 16.6 Å². The van der Waals surface area contributed by atoms with Crippen LogP contribution < -0.4 is 10.6 Å². The predicted molar refractivity (Wildman–Crippen MR) is 159 cm³/mol. The first-order valence-corrected chi connectivity index (χ1v) is 14.1. The molecule has 2 amide bonds. The van der Waals surface area contributed by atoms with Crippen LogP contribution in [0.5, 0.6) is 0 Å². The summed E-state index contributed by atoms with van der Waals surface area (Å²) < 4.78 is 0. The Balaban J connectivity index is 1.51. The number of benzene rings is 2. The normalized spacial score (nSPS) is 17.2. The summed E-state index contributed by atoms with van der Waals surface area (Å²) in [6.45, 7) is 1.83. The maximum absolute atomic E-state index is 14.4. The van der Waals surface area contributed by atoms with Crippen LogP contribution in [-0.4, -0.2) is 52.5 Å². The Bertz CT molecular complexity index is 1440. The molecule has 0 aliphatic heterocycles. The SMILES string of the molecule is CN(C)C(NC(=O)C(C)(Cc1c[nH]c2ccccc12)NC(=O)c1ccccc1)C1(c2ccccn2)CCCCC1. The second kappa shape index (κ2) is 11.6. The summed E-state index contributed by atoms with van der Waals surface area (Å²) in [7, 11) is 4.01. The molecule has 208 valence electrons. The first-order valence-electron chi connectivity index (χ1n) is 14.1. The van der Waals surface area contributed by atoms with Crippen LogP contribution in [0.2, 0.25) is 0 Å². The molecule has 3 N–H and O–H groups in total. The van der Waals surface area contributed by atoms with Crippen LogP contribution in [0.15, 0.2) is 85.2 Å². The zero-order valence-corrected chi connectivity index (χ0v) is 23.6. The first kappa shape index (κ1) is 27.6. The number of likely N-dealkylation sites (N-methyl/N-ethyl adjacent to an activating group) is 1. The lowest BCUT2D eigenvalue weighted by molar-refractivity contribution is -0.129. The lowest BCUT2D eigenvalue weighted by Crippen LogP contribution is -2.65. The zero-order chi connectivity index (χ0) is 28.2. The maximum Gasteiger partial charge on any atom is 0.252 e. The van der Waals surface area contributed by atoms with Gasteiger partial charge in [-0.3, -0.25) is 19.5 Å². The number of hydrogen-bond donors (Lipinski definition) is 3. The van der Waals surface area contributed by atoms with Crippen molar-refractivity contribution < 1.29 is 9.59 Å². The molecule has 2 aromatic heterocycles. The highest BCUT2D eigenvalue weighted by atomic mass is 16.2. The Morgan fingerprint density at radius 1 is 0.975 bits per heavy atom. The summed E-state index contributed by atoms with van der Waals surface area (Å²) in [6.07, 6.45) is 9.00. The second-order valence-electron chi connectivity index (χ2n) is 11.5. The quantitative estimate of drug-likeness (QED) is 0.256. The molecule has 1 aliphatic rings. The number of rotatable bonds is 9. The van der Waals surface area contributed by atoms with Crippen LogP contribution in [0, 0.1) is 0 Å². The van der Waals surface area contributed by atoms with Crippen LogP contribution in [0.1, 0.15) is 60.6 Å². The van der Waals surface area contributed by atoms with Gasteiger partial charge in [0.1, 0.15) is 5.54 Å². The molecule has 1 aliphatic carbocycles. The molecule has 2 unspecified atom stereocenters. The molecule has 2 heterocycles. The molecule has 5 rings (SSSR count). The van der Waals surface area contributed by atoms with E-state index in [1.54, 1.807) is 12.1 Å². The minimum Gasteiger partial charge on any atom is -0.361 e. The predicted octanol–water partition coefficient (Wildman–Crippen LogP) is 5.20. The van der Waals surface area contributed by atoms with Crippen LogP contribution in [0.25, 0.3) is 10.9 Å². The summed E-state index contributed by atoms with van der Waals surface area (Å²) in [4.78, 5) is 38.1. The van der Waals surface area contributed by atoms with Gasteiger partial charge in [0, 0.05) is 46.4 Å². The van der Waals surface area contributed by atoms with E-state index >= 15 is 0 Å². The van der Waals surface area contributed by atoms with Gasteiger partial charge in [-0.1, -0.05) is 61.7 Å². The highest BCUT2D eigenvalue weighted by molar-refractivity contribution is 5.99. The summed E-state index contributed by atoms with van der Waals surface area (Å²) >= 11 is 0. The summed E-state index contributed by atoms with van der Waals surface area (Å²) in [6, 6.07) is 23.1. The van der Waals surface area contributed by atoms with Gasteiger partial charge in [-0.25, -0.2) is 0 Å². The fourth-order valence-electron chi connectivity index (χ4n) is 6.31. The second-order valence-corrected chi connectivity index (χ2v) is 11.5. The van der Waals surface area contributed by atoms with Crippen molar-refractivity contribution in [3.8, 4) is 0 Å². The highest BCUT2D eigenvalue weighted by Gasteiger charge is 2.47. The van der Waals surface area contributed by atoms with Gasteiger partial charge in [-0.15, -0.1) is 0 Å². The summed E-state index contributed by atoms with van der Waals surface area (Å²) in [5.74, 6) is -0.502. The largest absolute Gasteiger partial charge is 0.361 e. The minimum absolute atomic E-state index is 0.221. The molecular weight excluding hydrogens is 498 g/mol. The Morgan fingerprint density at radius 2 is 1.68 bits per heavy atom. The summed E-state index contributed by atoms with van der Waals surface area (Å²) in [5, 5.41) is 7.56. The van der Waals surface area contributed by atoms with Gasteiger partial charge in [-0.2, -0.15) is 0 Å². The Kier molecular flexibility index (Phi) is 8.03. The average molecular weight is 538 g/mol. The monoisotopic (exact) mass is 537 g/mol. The third-order valence-electron chi connectivity index (χ3n) is 8.37. The fourth-order valence-corrected chi connectivity index (χ4v) is 6.31.